The second-order valence-electron chi connectivity index (χ2n) is 5.31. The van der Waals surface area contributed by atoms with Crippen molar-refractivity contribution in [3.8, 4) is 0 Å². The zero-order valence-corrected chi connectivity index (χ0v) is 12.7. The van der Waals surface area contributed by atoms with E-state index < -0.39 is 0 Å². The number of hydrogen-bond acceptors (Lipinski definition) is 3. The van der Waals surface area contributed by atoms with Crippen LogP contribution in [-0.2, 0) is 11.3 Å². The van der Waals surface area contributed by atoms with E-state index in [1.54, 1.807) is 23.3 Å². The number of amides is 1. The van der Waals surface area contributed by atoms with Crippen LogP contribution in [0.3, 0.4) is 0 Å². The van der Waals surface area contributed by atoms with E-state index >= 15 is 0 Å². The number of aromatic nitrogens is 3. The molecule has 112 valence electrons. The highest BCUT2D eigenvalue weighted by Crippen LogP contribution is 2.20. The van der Waals surface area contributed by atoms with Crippen molar-refractivity contribution in [1.82, 2.24) is 20.1 Å². The van der Waals surface area contributed by atoms with Crippen LogP contribution in [-0.4, -0.2) is 20.7 Å². The van der Waals surface area contributed by atoms with E-state index in [0.29, 0.717) is 6.54 Å². The number of benzene rings is 1. The molecule has 5 heteroatoms. The minimum atomic E-state index is -0.330. The Hall–Kier alpha value is -2.69. The van der Waals surface area contributed by atoms with E-state index in [1.807, 2.05) is 44.2 Å². The maximum Gasteiger partial charge on any atom is 0.244 e. The van der Waals surface area contributed by atoms with Gasteiger partial charge >= 0.3 is 0 Å². The third-order valence-corrected chi connectivity index (χ3v) is 3.87. The van der Waals surface area contributed by atoms with Crippen LogP contribution in [0.5, 0.6) is 0 Å². The Kier molecular flexibility index (Phi) is 3.87. The summed E-state index contributed by atoms with van der Waals surface area (Å²) >= 11 is 0. The minimum absolute atomic E-state index is 0.0519. The summed E-state index contributed by atoms with van der Waals surface area (Å²) in [7, 11) is 0. The summed E-state index contributed by atoms with van der Waals surface area (Å²) in [6.07, 6.45) is 5.24. The molecule has 0 aliphatic heterocycles. The van der Waals surface area contributed by atoms with Gasteiger partial charge in [0.2, 0.25) is 5.91 Å². The van der Waals surface area contributed by atoms with Crippen LogP contribution in [0, 0.1) is 6.92 Å². The van der Waals surface area contributed by atoms with Crippen molar-refractivity contribution in [2.45, 2.75) is 26.4 Å². The molecule has 0 bridgehead atoms. The number of carbonyl (C=O) groups is 1. The van der Waals surface area contributed by atoms with Gasteiger partial charge < -0.3 is 5.32 Å². The van der Waals surface area contributed by atoms with Gasteiger partial charge in [-0.3, -0.25) is 14.5 Å². The molecule has 0 fully saturated rings. The van der Waals surface area contributed by atoms with Gasteiger partial charge in [0.05, 0.1) is 5.52 Å². The number of nitrogens with one attached hydrogen (secondary N) is 1. The zero-order valence-electron chi connectivity index (χ0n) is 12.7. The van der Waals surface area contributed by atoms with Crippen LogP contribution in [0.2, 0.25) is 0 Å². The van der Waals surface area contributed by atoms with Crippen molar-refractivity contribution in [3.05, 3.63) is 60.0 Å². The second-order valence-corrected chi connectivity index (χ2v) is 5.31. The average molecular weight is 294 g/mol. The Balaban J connectivity index is 1.79. The molecule has 2 heterocycles. The van der Waals surface area contributed by atoms with Gasteiger partial charge in [-0.25, -0.2) is 0 Å². The molecule has 0 aliphatic carbocycles. The van der Waals surface area contributed by atoms with E-state index in [-0.39, 0.29) is 11.9 Å². The summed E-state index contributed by atoms with van der Waals surface area (Å²) < 4.78 is 1.65. The van der Waals surface area contributed by atoms with E-state index in [1.165, 1.54) is 0 Å². The van der Waals surface area contributed by atoms with Gasteiger partial charge in [0, 0.05) is 30.5 Å². The molecule has 0 saturated carbocycles. The molecular weight excluding hydrogens is 276 g/mol. The number of hydrogen-bond donors (Lipinski definition) is 1. The largest absolute Gasteiger partial charge is 0.350 e. The Bertz CT molecular complexity index is 796. The van der Waals surface area contributed by atoms with E-state index in [4.69, 9.17) is 0 Å². The number of rotatable bonds is 4. The van der Waals surface area contributed by atoms with E-state index in [9.17, 15) is 4.79 Å². The third-order valence-electron chi connectivity index (χ3n) is 3.87. The van der Waals surface area contributed by atoms with Crippen molar-refractivity contribution in [2.24, 2.45) is 0 Å². The molecule has 22 heavy (non-hydrogen) atoms. The average Bonchev–Trinajstić information content (AvgIpc) is 3.07. The first-order valence-corrected chi connectivity index (χ1v) is 7.27. The highest BCUT2D eigenvalue weighted by atomic mass is 16.2. The molecule has 1 N–H and O–H groups in total. The SMILES string of the molecule is Cc1ccc2ncccc2c1CNC(=O)C(C)n1cccn1. The van der Waals surface area contributed by atoms with Gasteiger partial charge in [0.15, 0.2) is 0 Å². The van der Waals surface area contributed by atoms with Gasteiger partial charge in [0.1, 0.15) is 6.04 Å². The Labute approximate surface area is 129 Å². The number of nitrogens with zero attached hydrogens (tertiary/aromatic N) is 3. The van der Waals surface area contributed by atoms with Crippen LogP contribution in [0.25, 0.3) is 10.9 Å². The van der Waals surface area contributed by atoms with Crippen molar-refractivity contribution < 1.29 is 4.79 Å². The standard InChI is InChI=1S/C17H18N4O/c1-12-6-7-16-14(5-3-8-18-16)15(12)11-19-17(22)13(2)21-10-4-9-20-21/h3-10,13H,11H2,1-2H3,(H,19,22). The maximum absolute atomic E-state index is 12.3. The summed E-state index contributed by atoms with van der Waals surface area (Å²) in [6, 6.07) is 9.47. The van der Waals surface area contributed by atoms with Crippen molar-refractivity contribution in [3.63, 3.8) is 0 Å². The minimum Gasteiger partial charge on any atom is -0.350 e. The van der Waals surface area contributed by atoms with Gasteiger partial charge in [-0.15, -0.1) is 0 Å². The fourth-order valence-electron chi connectivity index (χ4n) is 2.51. The topological polar surface area (TPSA) is 59.8 Å². The lowest BCUT2D eigenvalue weighted by Gasteiger charge is -2.15. The molecule has 1 atom stereocenters. The molecule has 1 amide bonds. The summed E-state index contributed by atoms with van der Waals surface area (Å²) in [5.74, 6) is -0.0519. The van der Waals surface area contributed by atoms with Gasteiger partial charge in [-0.05, 0) is 43.2 Å². The van der Waals surface area contributed by atoms with Crippen molar-refractivity contribution in [2.75, 3.05) is 0 Å². The van der Waals surface area contributed by atoms with E-state index in [2.05, 4.69) is 15.4 Å². The Morgan fingerprint density at radius 1 is 1.27 bits per heavy atom. The lowest BCUT2D eigenvalue weighted by Crippen LogP contribution is -2.31. The third kappa shape index (κ3) is 2.70. The normalized spacial score (nSPS) is 12.3. The summed E-state index contributed by atoms with van der Waals surface area (Å²) in [4.78, 5) is 16.6. The molecule has 0 saturated heterocycles. The van der Waals surface area contributed by atoms with Crippen LogP contribution in [0.15, 0.2) is 48.9 Å². The molecule has 3 rings (SSSR count). The molecule has 3 aromatic rings. The predicted octanol–water partition coefficient (Wildman–Crippen LogP) is 2.62. The molecular formula is C17H18N4O. The van der Waals surface area contributed by atoms with Crippen LogP contribution in [0.1, 0.15) is 24.1 Å². The molecule has 0 spiro atoms. The predicted molar refractivity (Wildman–Crippen MR) is 85.3 cm³/mol. The molecule has 0 radical (unpaired) electrons. The van der Waals surface area contributed by atoms with Gasteiger partial charge in [-0.2, -0.15) is 5.10 Å². The van der Waals surface area contributed by atoms with Crippen molar-refractivity contribution in [1.29, 1.82) is 0 Å². The van der Waals surface area contributed by atoms with Crippen LogP contribution >= 0.6 is 0 Å². The smallest absolute Gasteiger partial charge is 0.244 e. The molecule has 1 aromatic carbocycles. The summed E-state index contributed by atoms with van der Waals surface area (Å²) in [6.45, 7) is 4.37. The number of fused-ring (bicyclic) bond motifs is 1. The number of carbonyl (C=O) groups excluding carboxylic acids is 1. The van der Waals surface area contributed by atoms with Gasteiger partial charge in [0.25, 0.3) is 0 Å². The van der Waals surface area contributed by atoms with E-state index in [0.717, 1.165) is 22.0 Å². The Morgan fingerprint density at radius 2 is 2.14 bits per heavy atom. The Morgan fingerprint density at radius 3 is 2.91 bits per heavy atom. The number of aryl methyl sites for hydroxylation is 1. The van der Waals surface area contributed by atoms with Crippen LogP contribution in [0.4, 0.5) is 0 Å². The maximum atomic E-state index is 12.3. The molecule has 5 nitrogen and oxygen atoms in total. The zero-order chi connectivity index (χ0) is 15.5. The lowest BCUT2D eigenvalue weighted by molar-refractivity contribution is -0.124. The monoisotopic (exact) mass is 294 g/mol. The number of pyridine rings is 1. The molecule has 1 unspecified atom stereocenters. The fraction of sp³-hybridized carbons (Fsp3) is 0.235. The second kappa shape index (κ2) is 5.97. The summed E-state index contributed by atoms with van der Waals surface area (Å²) in [5.41, 5.74) is 3.19. The highest BCUT2D eigenvalue weighted by molar-refractivity contribution is 5.84. The quantitative estimate of drug-likeness (QED) is 0.804. The highest BCUT2D eigenvalue weighted by Gasteiger charge is 2.15. The first-order chi connectivity index (χ1) is 10.7. The first kappa shape index (κ1) is 14.3. The molecule has 0 aliphatic rings. The van der Waals surface area contributed by atoms with Gasteiger partial charge in [-0.1, -0.05) is 12.1 Å². The van der Waals surface area contributed by atoms with Crippen molar-refractivity contribution >= 4 is 16.8 Å². The summed E-state index contributed by atoms with van der Waals surface area (Å²) in [5, 5.41) is 8.18. The molecule has 2 aromatic heterocycles. The fourth-order valence-corrected chi connectivity index (χ4v) is 2.51. The van der Waals surface area contributed by atoms with Crippen LogP contribution < -0.4 is 5.32 Å². The lowest BCUT2D eigenvalue weighted by atomic mass is 10.0. The first-order valence-electron chi connectivity index (χ1n) is 7.27.